The number of anilines is 1. The Kier molecular flexibility index (Phi) is 3.34. The molecular formula is C12H10F6N2O. The van der Waals surface area contributed by atoms with E-state index in [2.05, 4.69) is 0 Å². The number of carbonyl (C=O) groups excluding carboxylic acids is 1. The third kappa shape index (κ3) is 2.91. The van der Waals surface area contributed by atoms with Crippen LogP contribution in [0.2, 0.25) is 0 Å². The summed E-state index contributed by atoms with van der Waals surface area (Å²) in [6, 6.07) is 1.94. The fraction of sp³-hybridized carbons (Fsp3) is 0.417. The van der Waals surface area contributed by atoms with E-state index < -0.39 is 34.9 Å². The van der Waals surface area contributed by atoms with Gasteiger partial charge in [0.05, 0.1) is 11.1 Å². The van der Waals surface area contributed by atoms with Crippen molar-refractivity contribution in [3.8, 4) is 0 Å². The second kappa shape index (κ2) is 4.54. The lowest BCUT2D eigenvalue weighted by Crippen LogP contribution is -2.48. The van der Waals surface area contributed by atoms with Crippen LogP contribution in [0.15, 0.2) is 18.2 Å². The molecular weight excluding hydrogens is 302 g/mol. The number of amides is 1. The van der Waals surface area contributed by atoms with Crippen molar-refractivity contribution < 1.29 is 31.1 Å². The van der Waals surface area contributed by atoms with Crippen molar-refractivity contribution >= 4 is 11.6 Å². The Morgan fingerprint density at radius 1 is 1.14 bits per heavy atom. The Balaban J connectivity index is 2.28. The van der Waals surface area contributed by atoms with Crippen LogP contribution in [-0.4, -0.2) is 17.6 Å². The van der Waals surface area contributed by atoms with Gasteiger partial charge in [-0.05, 0) is 31.0 Å². The fourth-order valence-corrected chi connectivity index (χ4v) is 1.82. The summed E-state index contributed by atoms with van der Waals surface area (Å²) in [4.78, 5) is 11.8. The maximum Gasteiger partial charge on any atom is 0.416 e. The van der Waals surface area contributed by atoms with Crippen molar-refractivity contribution in [2.75, 3.05) is 5.73 Å². The average Bonchev–Trinajstić information content (AvgIpc) is 3.08. The molecule has 1 aliphatic carbocycles. The predicted octanol–water partition coefficient (Wildman–Crippen LogP) is 3.11. The molecule has 0 saturated heterocycles. The Morgan fingerprint density at radius 3 is 2.14 bits per heavy atom. The number of nitrogen functional groups attached to an aromatic ring is 1. The molecule has 1 fully saturated rings. The molecule has 116 valence electrons. The Labute approximate surface area is 115 Å². The minimum atomic E-state index is -4.72. The van der Waals surface area contributed by atoms with E-state index >= 15 is 0 Å². The summed E-state index contributed by atoms with van der Waals surface area (Å²) >= 11 is 0. The summed E-state index contributed by atoms with van der Waals surface area (Å²) < 4.78 is 75.8. The summed E-state index contributed by atoms with van der Waals surface area (Å²) in [6.07, 6.45) is -9.98. The van der Waals surface area contributed by atoms with Crippen LogP contribution in [0.4, 0.5) is 32.0 Å². The molecule has 1 aromatic rings. The monoisotopic (exact) mass is 312 g/mol. The van der Waals surface area contributed by atoms with E-state index in [0.717, 1.165) is 6.07 Å². The Hall–Kier alpha value is -1.93. The second-order valence-corrected chi connectivity index (χ2v) is 4.83. The van der Waals surface area contributed by atoms with Gasteiger partial charge in [0.2, 0.25) is 0 Å². The first-order chi connectivity index (χ1) is 9.46. The molecule has 0 unspecified atom stereocenters. The number of hydrogen-bond donors (Lipinski definition) is 2. The van der Waals surface area contributed by atoms with Gasteiger partial charge in [-0.15, -0.1) is 0 Å². The van der Waals surface area contributed by atoms with E-state index in [1.54, 1.807) is 5.32 Å². The van der Waals surface area contributed by atoms with E-state index in [-0.39, 0.29) is 18.5 Å². The number of rotatable bonds is 2. The molecule has 0 atom stereocenters. The van der Waals surface area contributed by atoms with Gasteiger partial charge in [-0.2, -0.15) is 26.3 Å². The molecule has 9 heteroatoms. The lowest BCUT2D eigenvalue weighted by Gasteiger charge is -2.21. The minimum absolute atomic E-state index is 0.304. The molecule has 3 N–H and O–H groups in total. The first-order valence-electron chi connectivity index (χ1n) is 5.82. The molecule has 0 aliphatic heterocycles. The van der Waals surface area contributed by atoms with E-state index in [4.69, 9.17) is 5.73 Å². The number of alkyl halides is 6. The number of nitrogens with one attached hydrogen (secondary N) is 1. The molecule has 1 aliphatic rings. The standard InChI is InChI=1S/C12H10F6N2O/c13-11(14,15)6-1-2-8(19)7(5-6)9(21)20-10(3-4-10)12(16,17)18/h1-2,5H,3-4,19H2,(H,20,21). The van der Waals surface area contributed by atoms with Gasteiger partial charge in [-0.1, -0.05) is 0 Å². The highest BCUT2D eigenvalue weighted by Crippen LogP contribution is 2.49. The van der Waals surface area contributed by atoms with Crippen LogP contribution in [0.5, 0.6) is 0 Å². The largest absolute Gasteiger partial charge is 0.416 e. The molecule has 1 amide bonds. The van der Waals surface area contributed by atoms with Crippen molar-refractivity contribution in [3.63, 3.8) is 0 Å². The van der Waals surface area contributed by atoms with E-state index in [0.29, 0.717) is 12.1 Å². The number of hydrogen-bond acceptors (Lipinski definition) is 2. The van der Waals surface area contributed by atoms with Crippen molar-refractivity contribution in [1.82, 2.24) is 5.32 Å². The zero-order chi connectivity index (χ0) is 16.1. The molecule has 3 nitrogen and oxygen atoms in total. The third-order valence-corrected chi connectivity index (χ3v) is 3.27. The van der Waals surface area contributed by atoms with Crippen LogP contribution < -0.4 is 11.1 Å². The van der Waals surface area contributed by atoms with Crippen LogP contribution in [0.25, 0.3) is 0 Å². The predicted molar refractivity (Wildman–Crippen MR) is 61.3 cm³/mol. The zero-order valence-corrected chi connectivity index (χ0v) is 10.4. The molecule has 0 heterocycles. The Bertz CT molecular complexity index is 574. The highest BCUT2D eigenvalue weighted by atomic mass is 19.4. The van der Waals surface area contributed by atoms with Crippen molar-refractivity contribution in [3.05, 3.63) is 29.3 Å². The summed E-state index contributed by atoms with van der Waals surface area (Å²) in [7, 11) is 0. The number of benzene rings is 1. The molecule has 0 spiro atoms. The lowest BCUT2D eigenvalue weighted by molar-refractivity contribution is -0.163. The first kappa shape index (κ1) is 15.5. The van der Waals surface area contributed by atoms with E-state index in [1.165, 1.54) is 0 Å². The SMILES string of the molecule is Nc1ccc(C(F)(F)F)cc1C(=O)NC1(C(F)(F)F)CC1. The quantitative estimate of drug-likeness (QED) is 0.651. The van der Waals surface area contributed by atoms with Gasteiger partial charge in [-0.3, -0.25) is 4.79 Å². The first-order valence-corrected chi connectivity index (χ1v) is 5.82. The maximum atomic E-state index is 12.7. The van der Waals surface area contributed by atoms with Crippen LogP contribution in [0.3, 0.4) is 0 Å². The lowest BCUT2D eigenvalue weighted by atomic mass is 10.1. The fourth-order valence-electron chi connectivity index (χ4n) is 1.82. The number of nitrogens with two attached hydrogens (primary N) is 1. The molecule has 1 aromatic carbocycles. The topological polar surface area (TPSA) is 55.1 Å². The summed E-state index contributed by atoms with van der Waals surface area (Å²) in [5.74, 6) is -1.27. The van der Waals surface area contributed by atoms with E-state index in [1.807, 2.05) is 0 Å². The van der Waals surface area contributed by atoms with Crippen molar-refractivity contribution in [2.24, 2.45) is 0 Å². The maximum absolute atomic E-state index is 12.7. The van der Waals surface area contributed by atoms with Gasteiger partial charge in [0, 0.05) is 5.69 Å². The van der Waals surface area contributed by atoms with Gasteiger partial charge >= 0.3 is 12.4 Å². The normalized spacial score (nSPS) is 17.4. The molecule has 0 aromatic heterocycles. The van der Waals surface area contributed by atoms with Gasteiger partial charge in [0.25, 0.3) is 5.91 Å². The highest BCUT2D eigenvalue weighted by molar-refractivity contribution is 6.00. The zero-order valence-electron chi connectivity index (χ0n) is 10.4. The average molecular weight is 312 g/mol. The Morgan fingerprint density at radius 2 is 1.71 bits per heavy atom. The van der Waals surface area contributed by atoms with Crippen molar-refractivity contribution in [2.45, 2.75) is 30.7 Å². The molecule has 21 heavy (non-hydrogen) atoms. The summed E-state index contributed by atoms with van der Waals surface area (Å²) in [6.45, 7) is 0. The number of halogens is 6. The van der Waals surface area contributed by atoms with Gasteiger partial charge in [-0.25, -0.2) is 0 Å². The van der Waals surface area contributed by atoms with Gasteiger partial charge in [0.15, 0.2) is 0 Å². The minimum Gasteiger partial charge on any atom is -0.398 e. The third-order valence-electron chi connectivity index (χ3n) is 3.27. The van der Waals surface area contributed by atoms with Crippen LogP contribution >= 0.6 is 0 Å². The summed E-state index contributed by atoms with van der Waals surface area (Å²) in [5, 5.41) is 1.73. The van der Waals surface area contributed by atoms with E-state index in [9.17, 15) is 31.1 Å². The highest BCUT2D eigenvalue weighted by Gasteiger charge is 2.64. The van der Waals surface area contributed by atoms with Gasteiger partial charge < -0.3 is 11.1 Å². The second-order valence-electron chi connectivity index (χ2n) is 4.83. The van der Waals surface area contributed by atoms with Crippen molar-refractivity contribution in [1.29, 1.82) is 0 Å². The molecule has 0 bridgehead atoms. The smallest absolute Gasteiger partial charge is 0.398 e. The van der Waals surface area contributed by atoms with Crippen LogP contribution in [-0.2, 0) is 6.18 Å². The van der Waals surface area contributed by atoms with Gasteiger partial charge in [0.1, 0.15) is 5.54 Å². The van der Waals surface area contributed by atoms with Crippen LogP contribution in [0, 0.1) is 0 Å². The molecule has 1 saturated carbocycles. The molecule has 0 radical (unpaired) electrons. The van der Waals surface area contributed by atoms with Crippen LogP contribution in [0.1, 0.15) is 28.8 Å². The summed E-state index contributed by atoms with van der Waals surface area (Å²) in [5.41, 5.74) is 0.917. The number of carbonyl (C=O) groups is 1. The molecule has 2 rings (SSSR count).